The van der Waals surface area contributed by atoms with Gasteiger partial charge in [-0.3, -0.25) is 4.79 Å². The van der Waals surface area contributed by atoms with Gasteiger partial charge in [0.2, 0.25) is 5.91 Å². The fourth-order valence-electron chi connectivity index (χ4n) is 4.00. The van der Waals surface area contributed by atoms with Crippen molar-refractivity contribution in [3.05, 3.63) is 41.2 Å². The quantitative estimate of drug-likeness (QED) is 0.846. The molecule has 1 fully saturated rings. The summed E-state index contributed by atoms with van der Waals surface area (Å²) in [6.07, 6.45) is 6.64. The van der Waals surface area contributed by atoms with Gasteiger partial charge in [0.1, 0.15) is 6.07 Å². The van der Waals surface area contributed by atoms with Gasteiger partial charge in [-0.1, -0.05) is 39.3 Å². The summed E-state index contributed by atoms with van der Waals surface area (Å²) in [6, 6.07) is 5.49. The van der Waals surface area contributed by atoms with Crippen LogP contribution >= 0.6 is 0 Å². The number of carbonyl (C=O) groups is 1. The zero-order valence-corrected chi connectivity index (χ0v) is 17.2. The van der Waals surface area contributed by atoms with E-state index in [9.17, 15) is 4.79 Å². The van der Waals surface area contributed by atoms with E-state index in [0.29, 0.717) is 24.0 Å². The Kier molecular flexibility index (Phi) is 5.83. The summed E-state index contributed by atoms with van der Waals surface area (Å²) in [7, 11) is 0. The van der Waals surface area contributed by atoms with Crippen molar-refractivity contribution in [3.8, 4) is 6.07 Å². The highest BCUT2D eigenvalue weighted by molar-refractivity contribution is 5.79. The fourth-order valence-corrected chi connectivity index (χ4v) is 4.00. The van der Waals surface area contributed by atoms with Crippen molar-refractivity contribution >= 4 is 11.7 Å². The maximum Gasteiger partial charge on any atom is 0.224 e. The van der Waals surface area contributed by atoms with Crippen molar-refractivity contribution in [2.45, 2.75) is 47.0 Å². The number of hydrogen-bond acceptors (Lipinski definition) is 5. The molecule has 1 aromatic heterocycles. The highest BCUT2D eigenvalue weighted by Gasteiger charge is 2.36. The number of allylic oxidation sites excluding steroid dienone is 4. The topological polar surface area (TPSA) is 81.9 Å². The predicted octanol–water partition coefficient (Wildman–Crippen LogP) is 3.58. The molecule has 2 atom stereocenters. The van der Waals surface area contributed by atoms with Gasteiger partial charge in [-0.2, -0.15) is 5.26 Å². The summed E-state index contributed by atoms with van der Waals surface area (Å²) in [5.74, 6) is 1.73. The smallest absolute Gasteiger partial charge is 0.224 e. The number of rotatable bonds is 5. The van der Waals surface area contributed by atoms with Crippen LogP contribution in [0.1, 0.15) is 52.7 Å². The molecule has 0 radical (unpaired) electrons. The predicted molar refractivity (Wildman–Crippen MR) is 109 cm³/mol. The molecule has 2 aliphatic rings. The summed E-state index contributed by atoms with van der Waals surface area (Å²) >= 11 is 0. The monoisotopic (exact) mass is 379 g/mol. The largest absolute Gasteiger partial charge is 0.355 e. The van der Waals surface area contributed by atoms with Gasteiger partial charge < -0.3 is 10.2 Å². The van der Waals surface area contributed by atoms with Crippen molar-refractivity contribution in [1.82, 2.24) is 15.5 Å². The Balaban J connectivity index is 1.59. The lowest BCUT2D eigenvalue weighted by molar-refractivity contribution is -0.122. The molecular weight excluding hydrogens is 350 g/mol. The van der Waals surface area contributed by atoms with Crippen molar-refractivity contribution < 1.29 is 4.79 Å². The fraction of sp³-hybridized carbons (Fsp3) is 0.545. The molecule has 1 aromatic rings. The number of amides is 1. The highest BCUT2D eigenvalue weighted by atomic mass is 16.1. The Labute approximate surface area is 167 Å². The molecule has 1 saturated heterocycles. The summed E-state index contributed by atoms with van der Waals surface area (Å²) in [5.41, 5.74) is 2.67. The Bertz CT molecular complexity index is 833. The number of nitrogens with zero attached hydrogens (tertiary/aromatic N) is 4. The van der Waals surface area contributed by atoms with E-state index in [4.69, 9.17) is 5.26 Å². The zero-order valence-electron chi connectivity index (χ0n) is 17.2. The Hall–Kier alpha value is -2.68. The summed E-state index contributed by atoms with van der Waals surface area (Å²) in [4.78, 5) is 14.8. The summed E-state index contributed by atoms with van der Waals surface area (Å²) < 4.78 is 0. The maximum absolute atomic E-state index is 12.7. The third kappa shape index (κ3) is 4.59. The molecule has 0 aromatic carbocycles. The third-order valence-corrected chi connectivity index (χ3v) is 5.81. The molecule has 0 saturated carbocycles. The van der Waals surface area contributed by atoms with Crippen LogP contribution in [-0.2, 0) is 4.79 Å². The van der Waals surface area contributed by atoms with Crippen molar-refractivity contribution in [2.24, 2.45) is 17.3 Å². The normalized spacial score (nSPS) is 24.6. The van der Waals surface area contributed by atoms with E-state index in [1.165, 1.54) is 5.57 Å². The molecule has 2 heterocycles. The van der Waals surface area contributed by atoms with E-state index in [1.54, 1.807) is 6.07 Å². The van der Waals surface area contributed by atoms with E-state index < -0.39 is 0 Å². The van der Waals surface area contributed by atoms with E-state index in [1.807, 2.05) is 12.1 Å². The third-order valence-electron chi connectivity index (χ3n) is 5.81. The van der Waals surface area contributed by atoms with Crippen LogP contribution in [0.25, 0.3) is 0 Å². The van der Waals surface area contributed by atoms with E-state index >= 15 is 0 Å². The van der Waals surface area contributed by atoms with Gasteiger partial charge in [-0.15, -0.1) is 10.2 Å². The number of nitrogens with one attached hydrogen (secondary N) is 1. The van der Waals surface area contributed by atoms with Gasteiger partial charge >= 0.3 is 0 Å². The van der Waals surface area contributed by atoms with Gasteiger partial charge in [0.05, 0.1) is 0 Å². The highest BCUT2D eigenvalue weighted by Crippen LogP contribution is 2.35. The van der Waals surface area contributed by atoms with Crippen LogP contribution < -0.4 is 10.2 Å². The van der Waals surface area contributed by atoms with Crippen LogP contribution in [0.5, 0.6) is 0 Å². The Morgan fingerprint density at radius 1 is 1.39 bits per heavy atom. The minimum absolute atomic E-state index is 0.0785. The lowest BCUT2D eigenvalue weighted by Gasteiger charge is -2.27. The molecule has 28 heavy (non-hydrogen) atoms. The first-order valence-corrected chi connectivity index (χ1v) is 9.99. The molecule has 148 valence electrons. The second kappa shape index (κ2) is 8.14. The van der Waals surface area contributed by atoms with Gasteiger partial charge in [-0.25, -0.2) is 0 Å². The number of anilines is 1. The van der Waals surface area contributed by atoms with Gasteiger partial charge in [0, 0.05) is 25.2 Å². The van der Waals surface area contributed by atoms with Crippen LogP contribution in [0, 0.1) is 28.6 Å². The summed E-state index contributed by atoms with van der Waals surface area (Å²) in [6.45, 7) is 10.3. The van der Waals surface area contributed by atoms with Gasteiger partial charge in [0.25, 0.3) is 0 Å². The Morgan fingerprint density at radius 2 is 2.18 bits per heavy atom. The number of carbonyl (C=O) groups excluding carboxylic acids is 1. The first kappa shape index (κ1) is 20.1. The summed E-state index contributed by atoms with van der Waals surface area (Å²) in [5, 5.41) is 20.0. The molecule has 1 aliphatic carbocycles. The minimum atomic E-state index is -0.100. The average Bonchev–Trinajstić information content (AvgIpc) is 3.04. The Morgan fingerprint density at radius 3 is 2.79 bits per heavy atom. The molecule has 1 amide bonds. The van der Waals surface area contributed by atoms with Crippen molar-refractivity contribution in [2.75, 3.05) is 18.0 Å². The maximum atomic E-state index is 12.7. The molecule has 0 spiro atoms. The number of nitriles is 1. The van der Waals surface area contributed by atoms with Crippen molar-refractivity contribution in [3.63, 3.8) is 0 Å². The molecule has 6 nitrogen and oxygen atoms in total. The number of hydrogen-bond donors (Lipinski definition) is 1. The average molecular weight is 380 g/mol. The van der Waals surface area contributed by atoms with Gasteiger partial charge in [-0.05, 0) is 48.3 Å². The van der Waals surface area contributed by atoms with Crippen LogP contribution in [0.2, 0.25) is 0 Å². The van der Waals surface area contributed by atoms with E-state index in [-0.39, 0.29) is 11.3 Å². The second-order valence-electron chi connectivity index (χ2n) is 8.72. The molecule has 0 bridgehead atoms. The SMILES string of the molecule is CC(C)C1=CC=C(NC(=O)C[C@@]2(C)CCN(c3ccc(C#N)nn3)C2)C(C)C1. The molecule has 1 unspecified atom stereocenters. The van der Waals surface area contributed by atoms with E-state index in [2.05, 4.69) is 60.3 Å². The van der Waals surface area contributed by atoms with Crippen LogP contribution in [-0.4, -0.2) is 29.2 Å². The molecule has 1 N–H and O–H groups in total. The second-order valence-corrected chi connectivity index (χ2v) is 8.72. The van der Waals surface area contributed by atoms with Crippen LogP contribution in [0.3, 0.4) is 0 Å². The zero-order chi connectivity index (χ0) is 20.3. The first-order valence-electron chi connectivity index (χ1n) is 9.99. The van der Waals surface area contributed by atoms with Crippen molar-refractivity contribution in [1.29, 1.82) is 5.26 Å². The van der Waals surface area contributed by atoms with Gasteiger partial charge in [0.15, 0.2) is 11.5 Å². The molecule has 3 rings (SSSR count). The number of aromatic nitrogens is 2. The molecular formula is C22H29N5O. The lowest BCUT2D eigenvalue weighted by atomic mass is 9.84. The van der Waals surface area contributed by atoms with E-state index in [0.717, 1.165) is 37.4 Å². The molecule has 1 aliphatic heterocycles. The van der Waals surface area contributed by atoms with Crippen LogP contribution in [0.4, 0.5) is 5.82 Å². The standard InChI is InChI=1S/C22H29N5O/c1-15(2)17-5-7-19(16(3)11-17)24-21(28)12-22(4)9-10-27(14-22)20-8-6-18(13-23)25-26-20/h5-8,15-16H,9-12,14H2,1-4H3,(H,24,28)/t16?,22-/m1/s1. The minimum Gasteiger partial charge on any atom is -0.355 e. The van der Waals surface area contributed by atoms with Crippen LogP contribution in [0.15, 0.2) is 35.6 Å². The lowest BCUT2D eigenvalue weighted by Crippen LogP contribution is -2.34. The first-order chi connectivity index (χ1) is 13.3. The molecule has 6 heteroatoms.